The average Bonchev–Trinajstić information content (AvgIpc) is 3.28. The lowest BCUT2D eigenvalue weighted by molar-refractivity contribution is -0.137. The number of hydrogen-bond acceptors (Lipinski definition) is 4. The monoisotopic (exact) mass is 602 g/mol. The Hall–Kier alpha value is -3.11. The Morgan fingerprint density at radius 2 is 1.63 bits per heavy atom. The molecule has 4 rings (SSSR count). The van der Waals surface area contributed by atoms with Gasteiger partial charge in [-0.1, -0.05) is 78.8 Å². The maximum absolute atomic E-state index is 13.1. The van der Waals surface area contributed by atoms with Gasteiger partial charge in [-0.25, -0.2) is 0 Å². The third kappa shape index (κ3) is 6.85. The van der Waals surface area contributed by atoms with Crippen LogP contribution in [0.4, 0.5) is 13.2 Å². The van der Waals surface area contributed by atoms with E-state index in [1.54, 1.807) is 22.8 Å². The molecule has 4 aromatic rings. The maximum Gasteiger partial charge on any atom is 0.416 e. The van der Waals surface area contributed by atoms with Crippen molar-refractivity contribution < 1.29 is 18.0 Å². The number of amides is 1. The van der Waals surface area contributed by atoms with Crippen LogP contribution in [0.1, 0.15) is 53.6 Å². The summed E-state index contributed by atoms with van der Waals surface area (Å²) in [5.41, 5.74) is 2.24. The predicted molar refractivity (Wildman–Crippen MR) is 146 cm³/mol. The van der Waals surface area contributed by atoms with Crippen molar-refractivity contribution in [2.45, 2.75) is 49.8 Å². The molecule has 38 heavy (non-hydrogen) atoms. The molecule has 3 aromatic carbocycles. The van der Waals surface area contributed by atoms with Crippen LogP contribution >= 0.6 is 27.7 Å². The minimum absolute atomic E-state index is 0.0156. The summed E-state index contributed by atoms with van der Waals surface area (Å²) in [5.74, 6) is 0.526. The fourth-order valence-electron chi connectivity index (χ4n) is 3.73. The summed E-state index contributed by atoms with van der Waals surface area (Å²) < 4.78 is 42.1. The summed E-state index contributed by atoms with van der Waals surface area (Å²) >= 11 is 4.70. The van der Waals surface area contributed by atoms with Gasteiger partial charge in [0, 0.05) is 21.5 Å². The first-order valence-corrected chi connectivity index (χ1v) is 13.6. The van der Waals surface area contributed by atoms with E-state index in [0.29, 0.717) is 22.1 Å². The van der Waals surface area contributed by atoms with E-state index in [1.165, 1.54) is 17.8 Å². The first-order valence-electron chi connectivity index (χ1n) is 11.8. The van der Waals surface area contributed by atoms with Gasteiger partial charge in [0.25, 0.3) is 5.91 Å². The highest BCUT2D eigenvalue weighted by Crippen LogP contribution is 2.32. The second kappa shape index (κ2) is 11.3. The van der Waals surface area contributed by atoms with Gasteiger partial charge in [0.05, 0.1) is 12.1 Å². The Morgan fingerprint density at radius 1 is 0.947 bits per heavy atom. The van der Waals surface area contributed by atoms with Crippen molar-refractivity contribution in [1.29, 1.82) is 0 Å². The Balaban J connectivity index is 1.54. The van der Waals surface area contributed by atoms with Crippen LogP contribution in [0.2, 0.25) is 0 Å². The van der Waals surface area contributed by atoms with Crippen molar-refractivity contribution in [3.8, 4) is 5.69 Å². The number of halogens is 4. The third-order valence-corrected chi connectivity index (χ3v) is 7.36. The first-order chi connectivity index (χ1) is 17.9. The van der Waals surface area contributed by atoms with Crippen molar-refractivity contribution in [3.63, 3.8) is 0 Å². The van der Waals surface area contributed by atoms with Gasteiger partial charge in [-0.3, -0.25) is 9.36 Å². The lowest BCUT2D eigenvalue weighted by atomic mass is 9.87. The molecule has 1 N–H and O–H groups in total. The topological polar surface area (TPSA) is 59.8 Å². The molecule has 0 unspecified atom stereocenters. The van der Waals surface area contributed by atoms with Gasteiger partial charge in [-0.05, 0) is 59.0 Å². The molecular formula is C28H26BrF3N4OS. The van der Waals surface area contributed by atoms with Crippen molar-refractivity contribution in [3.05, 3.63) is 105 Å². The van der Waals surface area contributed by atoms with Crippen LogP contribution in [0, 0.1) is 0 Å². The van der Waals surface area contributed by atoms with E-state index in [4.69, 9.17) is 0 Å². The number of carbonyl (C=O) groups excluding carboxylic acids is 1. The highest BCUT2D eigenvalue weighted by Gasteiger charge is 2.30. The standard InChI is InChI=1S/C28H26BrF3N4OS/c1-27(2,3)20-9-7-19(8-10-20)25(37)33-16-24-34-35-26(36(24)23-13-11-22(29)12-14-23)38-17-18-5-4-6-21(15-18)28(30,31)32/h4-15H,16-17H2,1-3H3,(H,33,37). The van der Waals surface area contributed by atoms with Crippen molar-refractivity contribution in [2.75, 3.05) is 0 Å². The number of benzene rings is 3. The third-order valence-electron chi connectivity index (χ3n) is 5.83. The lowest BCUT2D eigenvalue weighted by Gasteiger charge is -2.19. The number of rotatable bonds is 7. The molecule has 0 atom stereocenters. The zero-order valence-electron chi connectivity index (χ0n) is 21.0. The number of aromatic nitrogens is 3. The number of alkyl halides is 3. The number of nitrogens with one attached hydrogen (secondary N) is 1. The number of nitrogens with zero attached hydrogens (tertiary/aromatic N) is 3. The van der Waals surface area contributed by atoms with Crippen molar-refractivity contribution >= 4 is 33.6 Å². The summed E-state index contributed by atoms with van der Waals surface area (Å²) in [6.07, 6.45) is -4.41. The molecule has 0 radical (unpaired) electrons. The van der Waals surface area contributed by atoms with Crippen LogP contribution < -0.4 is 5.32 Å². The van der Waals surface area contributed by atoms with Crippen LogP contribution in [0.15, 0.2) is 82.4 Å². The fourth-order valence-corrected chi connectivity index (χ4v) is 4.90. The molecule has 0 bridgehead atoms. The molecule has 198 valence electrons. The van der Waals surface area contributed by atoms with E-state index in [1.807, 2.05) is 36.4 Å². The molecule has 0 saturated heterocycles. The second-order valence-corrected chi connectivity index (χ2v) is 11.6. The van der Waals surface area contributed by atoms with Crippen LogP contribution in [0.25, 0.3) is 5.69 Å². The first kappa shape index (κ1) is 27.9. The van der Waals surface area contributed by atoms with Crippen molar-refractivity contribution in [2.24, 2.45) is 0 Å². The van der Waals surface area contributed by atoms with E-state index < -0.39 is 11.7 Å². The predicted octanol–water partition coefficient (Wildman–Crippen LogP) is 7.57. The number of hydrogen-bond donors (Lipinski definition) is 1. The molecule has 0 aliphatic carbocycles. The molecule has 5 nitrogen and oxygen atoms in total. The van der Waals surface area contributed by atoms with Crippen LogP contribution in [0.3, 0.4) is 0 Å². The SMILES string of the molecule is CC(C)(C)c1ccc(C(=O)NCc2nnc(SCc3cccc(C(F)(F)F)c3)n2-c2ccc(Br)cc2)cc1. The molecule has 0 fully saturated rings. The van der Waals surface area contributed by atoms with E-state index in [9.17, 15) is 18.0 Å². The highest BCUT2D eigenvalue weighted by molar-refractivity contribution is 9.10. The molecule has 10 heteroatoms. The summed E-state index contributed by atoms with van der Waals surface area (Å²) in [4.78, 5) is 12.8. The Labute approximate surface area is 232 Å². The van der Waals surface area contributed by atoms with E-state index in [-0.39, 0.29) is 23.6 Å². The lowest BCUT2D eigenvalue weighted by Crippen LogP contribution is -2.25. The Bertz CT molecular complexity index is 1410. The molecule has 0 spiro atoms. The maximum atomic E-state index is 13.1. The molecular weight excluding hydrogens is 577 g/mol. The second-order valence-electron chi connectivity index (χ2n) is 9.71. The normalized spacial score (nSPS) is 12.0. The molecule has 0 aliphatic heterocycles. The summed E-state index contributed by atoms with van der Waals surface area (Å²) in [6.45, 7) is 6.45. The Kier molecular flexibility index (Phi) is 8.32. The van der Waals surface area contributed by atoms with Crippen molar-refractivity contribution in [1.82, 2.24) is 20.1 Å². The van der Waals surface area contributed by atoms with Crippen LogP contribution in [-0.4, -0.2) is 20.7 Å². The van der Waals surface area contributed by atoms with Crippen LogP contribution in [0.5, 0.6) is 0 Å². The van der Waals surface area contributed by atoms with E-state index >= 15 is 0 Å². The highest BCUT2D eigenvalue weighted by atomic mass is 79.9. The summed E-state index contributed by atoms with van der Waals surface area (Å²) in [5, 5.41) is 12.0. The van der Waals surface area contributed by atoms with Crippen LogP contribution in [-0.2, 0) is 23.9 Å². The summed E-state index contributed by atoms with van der Waals surface area (Å²) in [7, 11) is 0. The largest absolute Gasteiger partial charge is 0.416 e. The summed E-state index contributed by atoms with van der Waals surface area (Å²) in [6, 6.07) is 20.2. The Morgan fingerprint density at radius 3 is 2.26 bits per heavy atom. The number of thioether (sulfide) groups is 1. The minimum Gasteiger partial charge on any atom is -0.345 e. The number of carbonyl (C=O) groups is 1. The van der Waals surface area contributed by atoms with E-state index in [0.717, 1.165) is 27.9 Å². The quantitative estimate of drug-likeness (QED) is 0.222. The minimum atomic E-state index is -4.41. The molecule has 0 saturated carbocycles. The van der Waals surface area contributed by atoms with Gasteiger partial charge in [-0.2, -0.15) is 13.2 Å². The molecule has 1 aromatic heterocycles. The molecule has 1 heterocycles. The average molecular weight is 604 g/mol. The van der Waals surface area contributed by atoms with E-state index in [2.05, 4.69) is 52.2 Å². The zero-order valence-corrected chi connectivity index (χ0v) is 23.4. The van der Waals surface area contributed by atoms with Gasteiger partial charge in [0.1, 0.15) is 0 Å². The molecule has 0 aliphatic rings. The van der Waals surface area contributed by atoms with Gasteiger partial charge in [0.15, 0.2) is 11.0 Å². The fraction of sp³-hybridized carbons (Fsp3) is 0.250. The van der Waals surface area contributed by atoms with Gasteiger partial charge >= 0.3 is 6.18 Å². The smallest absolute Gasteiger partial charge is 0.345 e. The zero-order chi connectivity index (χ0) is 27.5. The van der Waals surface area contributed by atoms with Gasteiger partial charge < -0.3 is 5.32 Å². The van der Waals surface area contributed by atoms with Gasteiger partial charge in [-0.15, -0.1) is 10.2 Å². The molecule has 1 amide bonds. The van der Waals surface area contributed by atoms with Gasteiger partial charge in [0.2, 0.25) is 0 Å².